The van der Waals surface area contributed by atoms with Crippen LogP contribution in [0.1, 0.15) is 18.9 Å². The van der Waals surface area contributed by atoms with Crippen molar-refractivity contribution in [1.29, 1.82) is 0 Å². The zero-order valence-corrected chi connectivity index (χ0v) is 16.2. The van der Waals surface area contributed by atoms with Gasteiger partial charge in [0.1, 0.15) is 17.5 Å². The minimum atomic E-state index is -10.4. The number of carbonyl (C=O) groups is 1. The van der Waals surface area contributed by atoms with Gasteiger partial charge in [-0.3, -0.25) is 10.2 Å². The van der Waals surface area contributed by atoms with Crippen LogP contribution in [0.5, 0.6) is 0 Å². The van der Waals surface area contributed by atoms with Gasteiger partial charge in [-0.15, -0.1) is 5.10 Å². The SMILES string of the molecule is CCC(=O)NNC(O)/C=C\n1cnc(-c2cc(C(F)(F)F)cc(S(F)(F)(F)(F)F)c2)n1. The zero-order chi connectivity index (χ0) is 23.7. The Balaban J connectivity index is 2.37. The fraction of sp³-hybridized carbons (Fsp3) is 0.267. The van der Waals surface area contributed by atoms with Gasteiger partial charge in [-0.2, -0.15) is 13.2 Å². The average Bonchev–Trinajstić information content (AvgIpc) is 3.10. The summed E-state index contributed by atoms with van der Waals surface area (Å²) in [7, 11) is -10.4. The average molecular weight is 481 g/mol. The molecule has 2 aromatic rings. The lowest BCUT2D eigenvalue weighted by Crippen LogP contribution is -2.43. The molecule has 31 heavy (non-hydrogen) atoms. The molecule has 2 rings (SSSR count). The number of aliphatic hydroxyl groups is 1. The van der Waals surface area contributed by atoms with Crippen molar-refractivity contribution in [3.63, 3.8) is 0 Å². The van der Waals surface area contributed by atoms with Crippen LogP contribution in [0.3, 0.4) is 0 Å². The van der Waals surface area contributed by atoms with E-state index < -0.39 is 56.4 Å². The maximum absolute atomic E-state index is 13.1. The molecule has 0 aliphatic carbocycles. The molecule has 1 unspecified atom stereocenters. The van der Waals surface area contributed by atoms with Gasteiger partial charge >= 0.3 is 16.4 Å². The number of amides is 1. The molecule has 0 fully saturated rings. The van der Waals surface area contributed by atoms with E-state index in [0.717, 1.165) is 23.3 Å². The van der Waals surface area contributed by atoms with Crippen LogP contribution in [0.2, 0.25) is 0 Å². The monoisotopic (exact) mass is 481 g/mol. The van der Waals surface area contributed by atoms with Crippen molar-refractivity contribution in [1.82, 2.24) is 25.6 Å². The van der Waals surface area contributed by atoms with Crippen LogP contribution in [0.25, 0.3) is 17.6 Å². The van der Waals surface area contributed by atoms with E-state index in [0.29, 0.717) is 0 Å². The number of carbonyl (C=O) groups excluding carboxylic acids is 1. The molecule has 0 bridgehead atoms. The topological polar surface area (TPSA) is 92.1 Å². The number of aliphatic hydroxyl groups excluding tert-OH is 1. The van der Waals surface area contributed by atoms with E-state index in [9.17, 15) is 42.5 Å². The van der Waals surface area contributed by atoms with Gasteiger partial charge in [0, 0.05) is 18.2 Å². The van der Waals surface area contributed by atoms with Crippen molar-refractivity contribution >= 4 is 22.3 Å². The highest BCUT2D eigenvalue weighted by atomic mass is 32.5. The lowest BCUT2D eigenvalue weighted by molar-refractivity contribution is -0.137. The molecular formula is C15H15F8N5O2S. The summed E-state index contributed by atoms with van der Waals surface area (Å²) >= 11 is 0. The molecular weight excluding hydrogens is 466 g/mol. The number of hydrogen-bond donors (Lipinski definition) is 3. The zero-order valence-electron chi connectivity index (χ0n) is 15.4. The molecule has 1 aromatic carbocycles. The number of benzene rings is 1. The molecule has 0 radical (unpaired) electrons. The molecule has 1 heterocycles. The first-order valence-corrected chi connectivity index (χ1v) is 10.1. The van der Waals surface area contributed by atoms with Gasteiger partial charge < -0.3 is 5.11 Å². The second kappa shape index (κ2) is 7.45. The number of alkyl halides is 3. The fourth-order valence-corrected chi connectivity index (χ4v) is 2.75. The predicted octanol–water partition coefficient (Wildman–Crippen LogP) is 4.44. The molecule has 1 aromatic heterocycles. The van der Waals surface area contributed by atoms with E-state index in [1.54, 1.807) is 6.92 Å². The summed E-state index contributed by atoms with van der Waals surface area (Å²) in [5, 5.41) is 13.2. The van der Waals surface area contributed by atoms with E-state index in [1.807, 2.05) is 0 Å². The number of aromatic nitrogens is 3. The van der Waals surface area contributed by atoms with Crippen LogP contribution in [-0.4, -0.2) is 32.0 Å². The number of hydrogen-bond acceptors (Lipinski definition) is 5. The summed E-state index contributed by atoms with van der Waals surface area (Å²) in [4.78, 5) is 11.8. The van der Waals surface area contributed by atoms with Gasteiger partial charge in [-0.25, -0.2) is 15.1 Å². The Kier molecular flexibility index (Phi) is 5.90. The van der Waals surface area contributed by atoms with E-state index in [4.69, 9.17) is 0 Å². The normalized spacial score (nSPS) is 16.1. The third kappa shape index (κ3) is 6.90. The summed E-state index contributed by atoms with van der Waals surface area (Å²) < 4.78 is 105. The third-order valence-electron chi connectivity index (χ3n) is 3.55. The molecule has 0 saturated carbocycles. The van der Waals surface area contributed by atoms with E-state index in [2.05, 4.69) is 20.9 Å². The number of nitrogens with one attached hydrogen (secondary N) is 2. The molecule has 1 atom stereocenters. The quantitative estimate of drug-likeness (QED) is 0.309. The Morgan fingerprint density at radius 2 is 1.87 bits per heavy atom. The summed E-state index contributed by atoms with van der Waals surface area (Å²) in [6, 6.07) is -0.640. The van der Waals surface area contributed by atoms with Crippen molar-refractivity contribution in [2.75, 3.05) is 0 Å². The van der Waals surface area contributed by atoms with Gasteiger partial charge in [0.2, 0.25) is 5.91 Å². The molecule has 7 nitrogen and oxygen atoms in total. The first-order valence-electron chi connectivity index (χ1n) is 8.17. The predicted molar refractivity (Wildman–Crippen MR) is 94.8 cm³/mol. The second-order valence-corrected chi connectivity index (χ2v) is 8.50. The van der Waals surface area contributed by atoms with Crippen LogP contribution in [0.15, 0.2) is 35.5 Å². The summed E-state index contributed by atoms with van der Waals surface area (Å²) in [5.74, 6) is -1.15. The molecule has 3 N–H and O–H groups in total. The lowest BCUT2D eigenvalue weighted by Gasteiger charge is -2.40. The first kappa shape index (κ1) is 24.5. The van der Waals surface area contributed by atoms with Crippen molar-refractivity contribution in [2.24, 2.45) is 0 Å². The first-order chi connectivity index (χ1) is 13.9. The number of hydrazine groups is 1. The van der Waals surface area contributed by atoms with Crippen molar-refractivity contribution < 1.29 is 42.5 Å². The highest BCUT2D eigenvalue weighted by molar-refractivity contribution is 8.45. The maximum atomic E-state index is 13.1. The smallest absolute Gasteiger partial charge is 0.373 e. The van der Waals surface area contributed by atoms with Crippen LogP contribution < -0.4 is 10.9 Å². The summed E-state index contributed by atoms with van der Waals surface area (Å²) in [6.45, 7) is 1.55. The molecule has 0 aliphatic rings. The minimum Gasteiger partial charge on any atom is -0.373 e. The van der Waals surface area contributed by atoms with Crippen molar-refractivity contribution in [2.45, 2.75) is 30.6 Å². The Morgan fingerprint density at radius 1 is 1.23 bits per heavy atom. The van der Waals surface area contributed by atoms with Gasteiger partial charge in [-0.05, 0) is 24.3 Å². The number of nitrogens with zero attached hydrogens (tertiary/aromatic N) is 3. The second-order valence-electron chi connectivity index (χ2n) is 6.09. The molecule has 0 saturated heterocycles. The van der Waals surface area contributed by atoms with Gasteiger partial charge in [0.25, 0.3) is 0 Å². The lowest BCUT2D eigenvalue weighted by atomic mass is 10.1. The third-order valence-corrected chi connectivity index (χ3v) is 4.67. The summed E-state index contributed by atoms with van der Waals surface area (Å²) in [6.07, 6.45) is -3.80. The van der Waals surface area contributed by atoms with Gasteiger partial charge in [0.15, 0.2) is 5.82 Å². The van der Waals surface area contributed by atoms with Gasteiger partial charge in [-0.1, -0.05) is 26.4 Å². The molecule has 1 amide bonds. The number of rotatable bonds is 7. The number of halogens is 8. The Bertz CT molecular complexity index is 1000. The highest BCUT2D eigenvalue weighted by Gasteiger charge is 2.66. The Morgan fingerprint density at radius 3 is 2.42 bits per heavy atom. The molecule has 16 heteroatoms. The van der Waals surface area contributed by atoms with E-state index in [-0.39, 0.29) is 18.6 Å². The molecule has 174 valence electrons. The molecule has 0 spiro atoms. The maximum Gasteiger partial charge on any atom is 0.416 e. The Labute approximate surface area is 169 Å². The van der Waals surface area contributed by atoms with E-state index in [1.165, 1.54) is 0 Å². The standard InChI is InChI=1S/C15H15F8N5O2S/c1-2-12(29)25-26-13(30)3-4-28-8-24-14(27-28)9-5-10(15(16,17)18)7-11(6-9)31(19,20,21,22)23/h3-8,13,26,30H,2H2,1H3,(H,25,29)/b4-3-. The van der Waals surface area contributed by atoms with Crippen molar-refractivity contribution in [3.8, 4) is 11.4 Å². The summed E-state index contributed by atoms with van der Waals surface area (Å²) in [5.41, 5.74) is 1.41. The highest BCUT2D eigenvalue weighted by Crippen LogP contribution is 3.02. The van der Waals surface area contributed by atoms with Crippen LogP contribution in [-0.2, 0) is 11.0 Å². The van der Waals surface area contributed by atoms with Crippen molar-refractivity contribution in [3.05, 3.63) is 36.2 Å². The van der Waals surface area contributed by atoms with Gasteiger partial charge in [0.05, 0.1) is 5.56 Å². The van der Waals surface area contributed by atoms with Crippen LogP contribution >= 0.6 is 10.2 Å². The Hall–Kier alpha value is -2.72. The minimum absolute atomic E-state index is 0.119. The van der Waals surface area contributed by atoms with Crippen LogP contribution in [0, 0.1) is 0 Å². The van der Waals surface area contributed by atoms with Crippen LogP contribution in [0.4, 0.5) is 32.6 Å². The fourth-order valence-electron chi connectivity index (χ4n) is 2.05. The van der Waals surface area contributed by atoms with E-state index >= 15 is 0 Å². The molecule has 0 aliphatic heterocycles. The largest absolute Gasteiger partial charge is 0.416 e.